The minimum absolute atomic E-state index is 0.443. The maximum absolute atomic E-state index is 9.60. The molecule has 0 aliphatic heterocycles. The normalized spacial score (nSPS) is 13.5. The number of hydrogen-bond acceptors (Lipinski definition) is 2. The molecular formula is C13H14O2. The number of aliphatic hydroxyl groups excluding tert-OH is 1. The van der Waals surface area contributed by atoms with Crippen LogP contribution in [0, 0.1) is 11.8 Å². The predicted octanol–water partition coefficient (Wildman–Crippen LogP) is 1.60. The maximum atomic E-state index is 9.60. The highest BCUT2D eigenvalue weighted by molar-refractivity contribution is 5.34. The van der Waals surface area contributed by atoms with Gasteiger partial charge in [0.2, 0.25) is 0 Å². The van der Waals surface area contributed by atoms with Crippen LogP contribution in [-0.4, -0.2) is 24.4 Å². The van der Waals surface area contributed by atoms with E-state index < -0.39 is 12.2 Å². The average molecular weight is 202 g/mol. The third-order valence-electron chi connectivity index (χ3n) is 1.95. The Balaban J connectivity index is 2.69. The summed E-state index contributed by atoms with van der Waals surface area (Å²) < 4.78 is 4.98. The maximum Gasteiger partial charge on any atom is 0.144 e. The molecule has 15 heavy (non-hydrogen) atoms. The topological polar surface area (TPSA) is 29.5 Å². The zero-order valence-electron chi connectivity index (χ0n) is 8.68. The molecule has 2 nitrogen and oxygen atoms in total. The van der Waals surface area contributed by atoms with Gasteiger partial charge in [-0.1, -0.05) is 36.1 Å². The summed E-state index contributed by atoms with van der Waals surface area (Å²) in [6, 6.07) is 9.49. The van der Waals surface area contributed by atoms with E-state index in [4.69, 9.17) is 4.74 Å². The number of ether oxygens (including phenoxy) is 1. The van der Waals surface area contributed by atoms with E-state index in [0.29, 0.717) is 0 Å². The Kier molecular flexibility index (Phi) is 4.62. The zero-order valence-corrected chi connectivity index (χ0v) is 8.68. The van der Waals surface area contributed by atoms with Crippen molar-refractivity contribution in [3.8, 4) is 11.8 Å². The molecule has 0 aromatic heterocycles. The van der Waals surface area contributed by atoms with Crippen molar-refractivity contribution >= 4 is 0 Å². The Labute approximate surface area is 90.2 Å². The lowest BCUT2D eigenvalue weighted by atomic mass is 10.1. The Hall–Kier alpha value is -1.56. The van der Waals surface area contributed by atoms with Gasteiger partial charge in [-0.05, 0) is 12.1 Å². The van der Waals surface area contributed by atoms with Gasteiger partial charge in [-0.15, -0.1) is 6.58 Å². The molecule has 2 heteroatoms. The second-order valence-corrected chi connectivity index (χ2v) is 3.02. The Morgan fingerprint density at radius 3 is 2.60 bits per heavy atom. The standard InChI is InChI=1S/C13H14O2/c1-3-13(15-2)12(14)10-9-11-7-5-4-6-8-11/h3-8,12-14H,1H2,2H3/t12-,13+/m1/s1. The first kappa shape index (κ1) is 11.5. The van der Waals surface area contributed by atoms with E-state index in [-0.39, 0.29) is 0 Å². The average Bonchev–Trinajstić information content (AvgIpc) is 2.29. The van der Waals surface area contributed by atoms with Crippen LogP contribution in [0.1, 0.15) is 5.56 Å². The van der Waals surface area contributed by atoms with Gasteiger partial charge in [-0.25, -0.2) is 0 Å². The van der Waals surface area contributed by atoms with Crippen LogP contribution in [0.15, 0.2) is 43.0 Å². The summed E-state index contributed by atoms with van der Waals surface area (Å²) >= 11 is 0. The Morgan fingerprint density at radius 1 is 1.40 bits per heavy atom. The van der Waals surface area contributed by atoms with Crippen molar-refractivity contribution in [2.45, 2.75) is 12.2 Å². The third-order valence-corrected chi connectivity index (χ3v) is 1.95. The summed E-state index contributed by atoms with van der Waals surface area (Å²) in [7, 11) is 1.51. The van der Waals surface area contributed by atoms with Crippen LogP contribution < -0.4 is 0 Å². The second kappa shape index (κ2) is 6.02. The molecule has 1 aromatic carbocycles. The molecule has 0 saturated heterocycles. The summed E-state index contributed by atoms with van der Waals surface area (Å²) in [5.41, 5.74) is 0.871. The Bertz CT molecular complexity index is 359. The monoisotopic (exact) mass is 202 g/mol. The number of hydrogen-bond donors (Lipinski definition) is 1. The molecule has 78 valence electrons. The molecule has 0 heterocycles. The van der Waals surface area contributed by atoms with E-state index in [1.54, 1.807) is 0 Å². The summed E-state index contributed by atoms with van der Waals surface area (Å²) in [6.45, 7) is 3.56. The van der Waals surface area contributed by atoms with Gasteiger partial charge in [0.25, 0.3) is 0 Å². The molecule has 2 atom stereocenters. The van der Waals surface area contributed by atoms with E-state index >= 15 is 0 Å². The van der Waals surface area contributed by atoms with E-state index in [1.165, 1.54) is 13.2 Å². The minimum atomic E-state index is -0.840. The smallest absolute Gasteiger partial charge is 0.144 e. The molecule has 0 fully saturated rings. The highest BCUT2D eigenvalue weighted by Crippen LogP contribution is 2.00. The van der Waals surface area contributed by atoms with E-state index in [9.17, 15) is 5.11 Å². The number of aliphatic hydroxyl groups is 1. The molecule has 0 aliphatic rings. The zero-order chi connectivity index (χ0) is 11.1. The van der Waals surface area contributed by atoms with Gasteiger partial charge in [0.15, 0.2) is 0 Å². The van der Waals surface area contributed by atoms with Gasteiger partial charge < -0.3 is 9.84 Å². The molecule has 0 aliphatic carbocycles. The lowest BCUT2D eigenvalue weighted by Gasteiger charge is -2.11. The van der Waals surface area contributed by atoms with Crippen molar-refractivity contribution in [2.24, 2.45) is 0 Å². The molecule has 0 radical (unpaired) electrons. The quantitative estimate of drug-likeness (QED) is 0.596. The van der Waals surface area contributed by atoms with Gasteiger partial charge >= 0.3 is 0 Å². The largest absolute Gasteiger partial charge is 0.377 e. The van der Waals surface area contributed by atoms with E-state index in [2.05, 4.69) is 18.4 Å². The molecule has 1 rings (SSSR count). The minimum Gasteiger partial charge on any atom is -0.377 e. The second-order valence-electron chi connectivity index (χ2n) is 3.02. The summed E-state index contributed by atoms with van der Waals surface area (Å²) in [4.78, 5) is 0. The van der Waals surface area contributed by atoms with Crippen LogP contribution in [0.25, 0.3) is 0 Å². The SMILES string of the molecule is C=C[C@H](OC)[C@H](O)C#Cc1ccccc1. The molecule has 0 amide bonds. The fourth-order valence-corrected chi connectivity index (χ4v) is 1.11. The lowest BCUT2D eigenvalue weighted by molar-refractivity contribution is 0.0480. The highest BCUT2D eigenvalue weighted by atomic mass is 16.5. The fourth-order valence-electron chi connectivity index (χ4n) is 1.11. The van der Waals surface area contributed by atoms with Crippen molar-refractivity contribution in [3.63, 3.8) is 0 Å². The van der Waals surface area contributed by atoms with Crippen molar-refractivity contribution in [1.29, 1.82) is 0 Å². The summed E-state index contributed by atoms with van der Waals surface area (Å²) in [5, 5.41) is 9.60. The van der Waals surface area contributed by atoms with Crippen LogP contribution in [0.3, 0.4) is 0 Å². The molecule has 0 spiro atoms. The Morgan fingerprint density at radius 2 is 2.07 bits per heavy atom. The highest BCUT2D eigenvalue weighted by Gasteiger charge is 2.11. The molecule has 0 unspecified atom stereocenters. The molecule has 1 aromatic rings. The van der Waals surface area contributed by atoms with Gasteiger partial charge in [-0.2, -0.15) is 0 Å². The fraction of sp³-hybridized carbons (Fsp3) is 0.231. The van der Waals surface area contributed by atoms with Crippen molar-refractivity contribution < 1.29 is 9.84 Å². The van der Waals surface area contributed by atoms with Gasteiger partial charge in [-0.3, -0.25) is 0 Å². The number of benzene rings is 1. The van der Waals surface area contributed by atoms with Crippen molar-refractivity contribution in [3.05, 3.63) is 48.6 Å². The van der Waals surface area contributed by atoms with Crippen LogP contribution >= 0.6 is 0 Å². The first-order chi connectivity index (χ1) is 7.27. The number of rotatable bonds is 3. The van der Waals surface area contributed by atoms with Gasteiger partial charge in [0.1, 0.15) is 12.2 Å². The van der Waals surface area contributed by atoms with Crippen LogP contribution in [0.2, 0.25) is 0 Å². The number of methoxy groups -OCH3 is 1. The van der Waals surface area contributed by atoms with Crippen molar-refractivity contribution in [1.82, 2.24) is 0 Å². The van der Waals surface area contributed by atoms with Crippen LogP contribution in [-0.2, 0) is 4.74 Å². The van der Waals surface area contributed by atoms with E-state index in [1.807, 2.05) is 30.3 Å². The van der Waals surface area contributed by atoms with Crippen LogP contribution in [0.5, 0.6) is 0 Å². The van der Waals surface area contributed by atoms with Gasteiger partial charge in [0, 0.05) is 12.7 Å². The molecule has 0 saturated carbocycles. The molecule has 0 bridgehead atoms. The van der Waals surface area contributed by atoms with Crippen molar-refractivity contribution in [2.75, 3.05) is 7.11 Å². The first-order valence-electron chi connectivity index (χ1n) is 4.68. The summed E-state index contributed by atoms with van der Waals surface area (Å²) in [5.74, 6) is 5.58. The van der Waals surface area contributed by atoms with E-state index in [0.717, 1.165) is 5.56 Å². The third kappa shape index (κ3) is 3.59. The molecular weight excluding hydrogens is 188 g/mol. The predicted molar refractivity (Wildman–Crippen MR) is 60.3 cm³/mol. The first-order valence-corrected chi connectivity index (χ1v) is 4.68. The molecule has 1 N–H and O–H groups in total. The van der Waals surface area contributed by atoms with Crippen LogP contribution in [0.4, 0.5) is 0 Å². The van der Waals surface area contributed by atoms with Gasteiger partial charge in [0.05, 0.1) is 0 Å². The summed E-state index contributed by atoms with van der Waals surface area (Å²) in [6.07, 6.45) is 0.249. The lowest BCUT2D eigenvalue weighted by Crippen LogP contribution is -2.23.